The van der Waals surface area contributed by atoms with Crippen LogP contribution in [0, 0.1) is 0 Å². The third kappa shape index (κ3) is 3.48. The van der Waals surface area contributed by atoms with Crippen LogP contribution >= 0.6 is 0 Å². The van der Waals surface area contributed by atoms with Gasteiger partial charge in [-0.1, -0.05) is 31.4 Å². The smallest absolute Gasteiger partial charge is 0.0688 e. The molecule has 1 rings (SSSR count). The second kappa shape index (κ2) is 3.67. The summed E-state index contributed by atoms with van der Waals surface area (Å²) < 4.78 is 0. The number of nitrogens with zero attached hydrogens (tertiary/aromatic N) is 1. The first-order valence-corrected chi connectivity index (χ1v) is 7.76. The summed E-state index contributed by atoms with van der Waals surface area (Å²) in [7, 11) is -1.06. The summed E-state index contributed by atoms with van der Waals surface area (Å²) in [6.45, 7) is 6.94. The standard InChI is InChI=1S/C10H15NSi/c1-12(2,3)9-7-10-6-4-5-8-11-10/h4-9H,1-3H3/b9-7+. The van der Waals surface area contributed by atoms with Crippen molar-refractivity contribution in [1.29, 1.82) is 0 Å². The maximum atomic E-state index is 4.22. The first-order valence-electron chi connectivity index (χ1n) is 4.18. The SMILES string of the molecule is C[Si](C)(C)/C=C/c1ccccn1. The Morgan fingerprint density at radius 3 is 2.50 bits per heavy atom. The molecule has 64 valence electrons. The van der Waals surface area contributed by atoms with Gasteiger partial charge in [0.2, 0.25) is 0 Å². The lowest BCUT2D eigenvalue weighted by Crippen LogP contribution is -2.15. The summed E-state index contributed by atoms with van der Waals surface area (Å²) in [5.41, 5.74) is 3.36. The van der Waals surface area contributed by atoms with E-state index >= 15 is 0 Å². The average Bonchev–Trinajstić information content (AvgIpc) is 2.02. The van der Waals surface area contributed by atoms with Gasteiger partial charge < -0.3 is 0 Å². The van der Waals surface area contributed by atoms with Crippen LogP contribution in [0.15, 0.2) is 30.1 Å². The van der Waals surface area contributed by atoms with Crippen LogP contribution in [0.25, 0.3) is 6.08 Å². The molecule has 0 fully saturated rings. The topological polar surface area (TPSA) is 12.9 Å². The Labute approximate surface area is 75.2 Å². The predicted molar refractivity (Wildman–Crippen MR) is 56.6 cm³/mol. The average molecular weight is 177 g/mol. The third-order valence-electron chi connectivity index (χ3n) is 1.44. The van der Waals surface area contributed by atoms with Crippen molar-refractivity contribution < 1.29 is 0 Å². The van der Waals surface area contributed by atoms with E-state index < -0.39 is 8.07 Å². The van der Waals surface area contributed by atoms with Crippen LogP contribution < -0.4 is 0 Å². The van der Waals surface area contributed by atoms with Crippen LogP contribution in [-0.2, 0) is 0 Å². The maximum Gasteiger partial charge on any atom is 0.0688 e. The van der Waals surface area contributed by atoms with E-state index in [1.54, 1.807) is 0 Å². The molecule has 0 N–H and O–H groups in total. The van der Waals surface area contributed by atoms with Crippen molar-refractivity contribution in [3.05, 3.63) is 35.8 Å². The Hall–Kier alpha value is -0.893. The van der Waals surface area contributed by atoms with Gasteiger partial charge in [-0.3, -0.25) is 4.98 Å². The molecule has 0 amide bonds. The van der Waals surface area contributed by atoms with Crippen molar-refractivity contribution in [2.75, 3.05) is 0 Å². The largest absolute Gasteiger partial charge is 0.257 e. The Balaban J connectivity index is 2.71. The summed E-state index contributed by atoms with van der Waals surface area (Å²) in [5.74, 6) is 0. The van der Waals surface area contributed by atoms with E-state index in [9.17, 15) is 0 Å². The normalized spacial score (nSPS) is 12.2. The van der Waals surface area contributed by atoms with Gasteiger partial charge in [-0.05, 0) is 18.2 Å². The molecular formula is C10H15NSi. The van der Waals surface area contributed by atoms with E-state index in [1.807, 2.05) is 24.4 Å². The van der Waals surface area contributed by atoms with Gasteiger partial charge >= 0.3 is 0 Å². The molecule has 0 saturated carbocycles. The van der Waals surface area contributed by atoms with E-state index in [4.69, 9.17) is 0 Å². The Morgan fingerprint density at radius 1 is 1.25 bits per heavy atom. The Morgan fingerprint density at radius 2 is 2.00 bits per heavy atom. The van der Waals surface area contributed by atoms with Crippen LogP contribution in [0.5, 0.6) is 0 Å². The second-order valence-electron chi connectivity index (χ2n) is 3.95. The maximum absolute atomic E-state index is 4.22. The monoisotopic (exact) mass is 177 g/mol. The number of rotatable bonds is 2. The van der Waals surface area contributed by atoms with Crippen LogP contribution in [0.3, 0.4) is 0 Å². The van der Waals surface area contributed by atoms with Gasteiger partial charge in [-0.25, -0.2) is 0 Å². The molecule has 1 nitrogen and oxygen atoms in total. The zero-order valence-corrected chi connectivity index (χ0v) is 8.91. The van der Waals surface area contributed by atoms with Crippen LogP contribution in [0.4, 0.5) is 0 Å². The predicted octanol–water partition coefficient (Wildman–Crippen LogP) is 2.97. The summed E-state index contributed by atoms with van der Waals surface area (Å²) in [4.78, 5) is 4.22. The molecule has 0 aromatic carbocycles. The molecule has 1 aromatic rings. The fourth-order valence-corrected chi connectivity index (χ4v) is 1.48. The highest BCUT2D eigenvalue weighted by atomic mass is 28.3. The van der Waals surface area contributed by atoms with E-state index in [0.717, 1.165) is 5.69 Å². The third-order valence-corrected chi connectivity index (χ3v) is 2.61. The van der Waals surface area contributed by atoms with Crippen molar-refractivity contribution >= 4 is 14.1 Å². The first kappa shape index (κ1) is 9.20. The molecule has 0 atom stereocenters. The fourth-order valence-electron chi connectivity index (χ4n) is 0.810. The fraction of sp³-hybridized carbons (Fsp3) is 0.300. The lowest BCUT2D eigenvalue weighted by molar-refractivity contribution is 1.30. The van der Waals surface area contributed by atoms with Crippen molar-refractivity contribution in [2.45, 2.75) is 19.6 Å². The molecule has 0 unspecified atom stereocenters. The quantitative estimate of drug-likeness (QED) is 0.633. The van der Waals surface area contributed by atoms with Crippen LogP contribution in [-0.4, -0.2) is 13.1 Å². The molecular weight excluding hydrogens is 162 g/mol. The molecule has 1 heterocycles. The molecule has 2 heteroatoms. The Bertz CT molecular complexity index is 259. The van der Waals surface area contributed by atoms with Crippen molar-refractivity contribution in [3.8, 4) is 0 Å². The summed E-state index contributed by atoms with van der Waals surface area (Å²) in [6.07, 6.45) is 3.94. The van der Waals surface area contributed by atoms with Gasteiger partial charge in [0.05, 0.1) is 13.8 Å². The van der Waals surface area contributed by atoms with E-state index in [0.29, 0.717) is 0 Å². The number of hydrogen-bond acceptors (Lipinski definition) is 1. The minimum Gasteiger partial charge on any atom is -0.257 e. The highest BCUT2D eigenvalue weighted by Crippen LogP contribution is 2.05. The summed E-state index contributed by atoms with van der Waals surface area (Å²) in [5, 5.41) is 0. The summed E-state index contributed by atoms with van der Waals surface area (Å²) >= 11 is 0. The number of hydrogen-bond donors (Lipinski definition) is 0. The van der Waals surface area contributed by atoms with Gasteiger partial charge in [-0.2, -0.15) is 0 Å². The van der Waals surface area contributed by atoms with Gasteiger partial charge in [0.1, 0.15) is 0 Å². The number of pyridine rings is 1. The van der Waals surface area contributed by atoms with Gasteiger partial charge in [0.25, 0.3) is 0 Å². The molecule has 0 spiro atoms. The van der Waals surface area contributed by atoms with Crippen LogP contribution in [0.1, 0.15) is 5.69 Å². The molecule has 1 aromatic heterocycles. The molecule has 12 heavy (non-hydrogen) atoms. The lowest BCUT2D eigenvalue weighted by Gasteiger charge is -2.07. The Kier molecular flexibility index (Phi) is 2.81. The number of aromatic nitrogens is 1. The molecule has 0 aliphatic rings. The minimum atomic E-state index is -1.06. The summed E-state index contributed by atoms with van der Waals surface area (Å²) in [6, 6.07) is 5.97. The van der Waals surface area contributed by atoms with Crippen LogP contribution in [0.2, 0.25) is 19.6 Å². The van der Waals surface area contributed by atoms with E-state index in [2.05, 4.69) is 36.4 Å². The highest BCUT2D eigenvalue weighted by molar-refractivity contribution is 6.81. The van der Waals surface area contributed by atoms with Gasteiger partial charge in [-0.15, -0.1) is 0 Å². The minimum absolute atomic E-state index is 1.06. The van der Waals surface area contributed by atoms with Gasteiger partial charge in [0.15, 0.2) is 0 Å². The van der Waals surface area contributed by atoms with Gasteiger partial charge in [0, 0.05) is 6.20 Å². The lowest BCUT2D eigenvalue weighted by atomic mass is 10.3. The highest BCUT2D eigenvalue weighted by Gasteiger charge is 2.06. The van der Waals surface area contributed by atoms with Crippen molar-refractivity contribution in [3.63, 3.8) is 0 Å². The van der Waals surface area contributed by atoms with E-state index in [-0.39, 0.29) is 0 Å². The molecule has 0 saturated heterocycles. The zero-order chi connectivity index (χ0) is 9.03. The molecule has 0 aliphatic carbocycles. The zero-order valence-electron chi connectivity index (χ0n) is 7.91. The molecule has 0 aliphatic heterocycles. The van der Waals surface area contributed by atoms with Crippen molar-refractivity contribution in [1.82, 2.24) is 4.98 Å². The molecule has 0 bridgehead atoms. The molecule has 0 radical (unpaired) electrons. The van der Waals surface area contributed by atoms with Crippen molar-refractivity contribution in [2.24, 2.45) is 0 Å². The van der Waals surface area contributed by atoms with E-state index in [1.165, 1.54) is 0 Å². The first-order chi connectivity index (χ1) is 5.58. The second-order valence-corrected chi connectivity index (χ2v) is 9.02.